The number of rotatable bonds is 5. The molecule has 108 valence electrons. The van der Waals surface area contributed by atoms with Gasteiger partial charge in [0.2, 0.25) is 5.95 Å². The SMILES string of the molecule is CN(C)c1ncc(CNC2(CO)CCCCC2)n1C. The molecular weight excluding hydrogens is 240 g/mol. The highest BCUT2D eigenvalue weighted by atomic mass is 16.3. The molecule has 1 saturated carbocycles. The predicted molar refractivity (Wildman–Crippen MR) is 77.3 cm³/mol. The fourth-order valence-electron chi connectivity index (χ4n) is 2.91. The Hall–Kier alpha value is -1.07. The predicted octanol–water partition coefficient (Wildman–Crippen LogP) is 1.27. The maximum atomic E-state index is 9.69. The molecule has 0 saturated heterocycles. The van der Waals surface area contributed by atoms with Gasteiger partial charge in [-0.2, -0.15) is 0 Å². The summed E-state index contributed by atoms with van der Waals surface area (Å²) >= 11 is 0. The van der Waals surface area contributed by atoms with E-state index in [0.29, 0.717) is 0 Å². The van der Waals surface area contributed by atoms with Gasteiger partial charge < -0.3 is 19.9 Å². The normalized spacial score (nSPS) is 18.5. The van der Waals surface area contributed by atoms with Crippen LogP contribution in [0.15, 0.2) is 6.20 Å². The van der Waals surface area contributed by atoms with Crippen LogP contribution in [-0.2, 0) is 13.6 Å². The molecule has 1 heterocycles. The number of hydrogen-bond acceptors (Lipinski definition) is 4. The lowest BCUT2D eigenvalue weighted by Crippen LogP contribution is -2.49. The molecular formula is C14H26N4O. The molecule has 0 spiro atoms. The third-order valence-corrected chi connectivity index (χ3v) is 4.22. The Morgan fingerprint density at radius 2 is 2.05 bits per heavy atom. The molecule has 1 aromatic rings. The second-order valence-electron chi connectivity index (χ2n) is 5.86. The Bertz CT molecular complexity index is 408. The molecule has 5 heteroatoms. The lowest BCUT2D eigenvalue weighted by Gasteiger charge is -2.36. The molecule has 1 aliphatic carbocycles. The van der Waals surface area contributed by atoms with Crippen LogP contribution in [0.3, 0.4) is 0 Å². The van der Waals surface area contributed by atoms with E-state index in [0.717, 1.165) is 31.0 Å². The summed E-state index contributed by atoms with van der Waals surface area (Å²) in [4.78, 5) is 6.42. The van der Waals surface area contributed by atoms with Gasteiger partial charge in [-0.1, -0.05) is 19.3 Å². The number of nitrogens with zero attached hydrogens (tertiary/aromatic N) is 3. The molecule has 2 N–H and O–H groups in total. The van der Waals surface area contributed by atoms with Crippen LogP contribution < -0.4 is 10.2 Å². The number of hydrogen-bond donors (Lipinski definition) is 2. The average Bonchev–Trinajstić information content (AvgIpc) is 2.79. The maximum absolute atomic E-state index is 9.69. The summed E-state index contributed by atoms with van der Waals surface area (Å²) in [6, 6.07) is 0. The minimum absolute atomic E-state index is 0.0825. The quantitative estimate of drug-likeness (QED) is 0.843. The van der Waals surface area contributed by atoms with Gasteiger partial charge in [-0.05, 0) is 12.8 Å². The molecule has 0 bridgehead atoms. The van der Waals surface area contributed by atoms with Crippen molar-refractivity contribution < 1.29 is 5.11 Å². The fourth-order valence-corrected chi connectivity index (χ4v) is 2.91. The van der Waals surface area contributed by atoms with Crippen molar-refractivity contribution in [1.82, 2.24) is 14.9 Å². The van der Waals surface area contributed by atoms with E-state index in [1.807, 2.05) is 32.2 Å². The van der Waals surface area contributed by atoms with E-state index >= 15 is 0 Å². The molecule has 5 nitrogen and oxygen atoms in total. The van der Waals surface area contributed by atoms with Crippen LogP contribution in [0.5, 0.6) is 0 Å². The Balaban J connectivity index is 2.01. The molecule has 0 aromatic carbocycles. The van der Waals surface area contributed by atoms with Crippen LogP contribution >= 0.6 is 0 Å². The first-order chi connectivity index (χ1) is 9.08. The monoisotopic (exact) mass is 266 g/mol. The second kappa shape index (κ2) is 5.92. The van der Waals surface area contributed by atoms with E-state index < -0.39 is 0 Å². The Morgan fingerprint density at radius 1 is 1.37 bits per heavy atom. The molecule has 0 radical (unpaired) electrons. The minimum atomic E-state index is -0.0825. The molecule has 1 fully saturated rings. The molecule has 0 atom stereocenters. The summed E-state index contributed by atoms with van der Waals surface area (Å²) in [5, 5.41) is 13.3. The highest BCUT2D eigenvalue weighted by Crippen LogP contribution is 2.28. The minimum Gasteiger partial charge on any atom is -0.394 e. The van der Waals surface area contributed by atoms with Gasteiger partial charge in [0.05, 0.1) is 18.5 Å². The summed E-state index contributed by atoms with van der Waals surface area (Å²) < 4.78 is 2.10. The standard InChI is InChI=1S/C14H26N4O/c1-17(2)13-15-9-12(18(13)3)10-16-14(11-19)7-5-4-6-8-14/h9,16,19H,4-8,10-11H2,1-3H3. The zero-order valence-corrected chi connectivity index (χ0v) is 12.3. The van der Waals surface area contributed by atoms with Gasteiger partial charge >= 0.3 is 0 Å². The van der Waals surface area contributed by atoms with E-state index in [1.165, 1.54) is 19.3 Å². The lowest BCUT2D eigenvalue weighted by molar-refractivity contribution is 0.119. The Labute approximate surface area is 115 Å². The topological polar surface area (TPSA) is 53.3 Å². The van der Waals surface area contributed by atoms with Gasteiger partial charge in [-0.25, -0.2) is 4.98 Å². The first kappa shape index (κ1) is 14.3. The number of aliphatic hydroxyl groups is 1. The third kappa shape index (κ3) is 3.09. The lowest BCUT2D eigenvalue weighted by atomic mass is 9.82. The number of aromatic nitrogens is 2. The van der Waals surface area contributed by atoms with Crippen molar-refractivity contribution in [3.05, 3.63) is 11.9 Å². The van der Waals surface area contributed by atoms with E-state index in [9.17, 15) is 5.11 Å². The molecule has 0 unspecified atom stereocenters. The van der Waals surface area contributed by atoms with Crippen LogP contribution in [-0.4, -0.2) is 40.9 Å². The molecule has 0 amide bonds. The smallest absolute Gasteiger partial charge is 0.204 e. The van der Waals surface area contributed by atoms with Gasteiger partial charge in [0.1, 0.15) is 0 Å². The van der Waals surface area contributed by atoms with E-state index in [4.69, 9.17) is 0 Å². The van der Waals surface area contributed by atoms with Crippen molar-refractivity contribution in [1.29, 1.82) is 0 Å². The van der Waals surface area contributed by atoms with Gasteiger partial charge in [-0.15, -0.1) is 0 Å². The average molecular weight is 266 g/mol. The van der Waals surface area contributed by atoms with Gasteiger partial charge in [-0.3, -0.25) is 0 Å². The Morgan fingerprint density at radius 3 is 2.58 bits per heavy atom. The first-order valence-electron chi connectivity index (χ1n) is 7.12. The van der Waals surface area contributed by atoms with Crippen LogP contribution in [0.1, 0.15) is 37.8 Å². The van der Waals surface area contributed by atoms with E-state index in [-0.39, 0.29) is 12.1 Å². The Kier molecular flexibility index (Phi) is 4.47. The van der Waals surface area contributed by atoms with Crippen LogP contribution in [0.4, 0.5) is 5.95 Å². The van der Waals surface area contributed by atoms with Crippen molar-refractivity contribution >= 4 is 5.95 Å². The van der Waals surface area contributed by atoms with Crippen molar-refractivity contribution in [3.63, 3.8) is 0 Å². The molecule has 1 aromatic heterocycles. The highest BCUT2D eigenvalue weighted by molar-refractivity contribution is 5.31. The second-order valence-corrected chi connectivity index (χ2v) is 5.86. The van der Waals surface area contributed by atoms with Crippen molar-refractivity contribution in [3.8, 4) is 0 Å². The summed E-state index contributed by atoms with van der Waals surface area (Å²) in [6.07, 6.45) is 7.77. The summed E-state index contributed by atoms with van der Waals surface area (Å²) in [5.74, 6) is 0.957. The maximum Gasteiger partial charge on any atom is 0.204 e. The largest absolute Gasteiger partial charge is 0.394 e. The molecule has 2 rings (SSSR count). The third-order valence-electron chi connectivity index (χ3n) is 4.22. The van der Waals surface area contributed by atoms with Gasteiger partial charge in [0.25, 0.3) is 0 Å². The molecule has 0 aliphatic heterocycles. The first-order valence-corrected chi connectivity index (χ1v) is 7.12. The summed E-state index contributed by atoms with van der Waals surface area (Å²) in [7, 11) is 6.03. The van der Waals surface area contributed by atoms with Crippen molar-refractivity contribution in [2.75, 3.05) is 25.6 Å². The molecule has 1 aliphatic rings. The van der Waals surface area contributed by atoms with Crippen LogP contribution in [0.2, 0.25) is 0 Å². The van der Waals surface area contributed by atoms with E-state index in [1.54, 1.807) is 0 Å². The summed E-state index contributed by atoms with van der Waals surface area (Å²) in [5.41, 5.74) is 1.07. The van der Waals surface area contributed by atoms with E-state index in [2.05, 4.69) is 14.9 Å². The molecule has 19 heavy (non-hydrogen) atoms. The zero-order chi connectivity index (χ0) is 13.9. The highest BCUT2D eigenvalue weighted by Gasteiger charge is 2.30. The van der Waals surface area contributed by atoms with Crippen LogP contribution in [0.25, 0.3) is 0 Å². The zero-order valence-electron chi connectivity index (χ0n) is 12.3. The van der Waals surface area contributed by atoms with Gasteiger partial charge in [0, 0.05) is 33.2 Å². The number of nitrogens with one attached hydrogen (secondary N) is 1. The summed E-state index contributed by atoms with van der Waals surface area (Å²) in [6.45, 7) is 0.989. The van der Waals surface area contributed by atoms with Crippen molar-refractivity contribution in [2.45, 2.75) is 44.2 Å². The number of aliphatic hydroxyl groups excluding tert-OH is 1. The fraction of sp³-hybridized carbons (Fsp3) is 0.786. The number of imidazole rings is 1. The van der Waals surface area contributed by atoms with Crippen molar-refractivity contribution in [2.24, 2.45) is 7.05 Å². The van der Waals surface area contributed by atoms with Gasteiger partial charge in [0.15, 0.2) is 0 Å². The number of anilines is 1. The van der Waals surface area contributed by atoms with Crippen LogP contribution in [0, 0.1) is 0 Å².